The van der Waals surface area contributed by atoms with E-state index in [1.165, 1.54) is 17.5 Å². The largest absolute Gasteiger partial charge is 0.324 e. The monoisotopic (exact) mass is 263 g/mol. The minimum atomic E-state index is 0.150. The summed E-state index contributed by atoms with van der Waals surface area (Å²) in [4.78, 5) is 4.61. The Kier molecular flexibility index (Phi) is 7.06. The van der Waals surface area contributed by atoms with Crippen molar-refractivity contribution in [3.8, 4) is 0 Å². The van der Waals surface area contributed by atoms with Crippen LogP contribution < -0.4 is 5.73 Å². The van der Waals surface area contributed by atoms with Crippen molar-refractivity contribution in [3.05, 3.63) is 35.4 Å². The fourth-order valence-electron chi connectivity index (χ4n) is 2.29. The van der Waals surface area contributed by atoms with Crippen molar-refractivity contribution in [3.63, 3.8) is 0 Å². The van der Waals surface area contributed by atoms with Gasteiger partial charge < -0.3 is 15.5 Å². The molecular weight excluding hydrogens is 234 g/mol. The highest BCUT2D eigenvalue weighted by Crippen LogP contribution is 2.18. The van der Waals surface area contributed by atoms with Gasteiger partial charge in [0.15, 0.2) is 0 Å². The van der Waals surface area contributed by atoms with Gasteiger partial charge in [-0.05, 0) is 71.7 Å². The van der Waals surface area contributed by atoms with Gasteiger partial charge in [-0.15, -0.1) is 0 Å². The summed E-state index contributed by atoms with van der Waals surface area (Å²) in [6, 6.07) is 8.57. The minimum absolute atomic E-state index is 0.150. The first kappa shape index (κ1) is 16.2. The van der Waals surface area contributed by atoms with Gasteiger partial charge in [0.05, 0.1) is 0 Å². The topological polar surface area (TPSA) is 32.5 Å². The summed E-state index contributed by atoms with van der Waals surface area (Å²) in [6.07, 6.45) is 2.23. The van der Waals surface area contributed by atoms with E-state index < -0.39 is 0 Å². The Balaban J connectivity index is 2.30. The van der Waals surface area contributed by atoms with E-state index in [1.807, 2.05) is 0 Å². The van der Waals surface area contributed by atoms with E-state index in [9.17, 15) is 0 Å². The van der Waals surface area contributed by atoms with Crippen LogP contribution in [0.15, 0.2) is 24.3 Å². The summed E-state index contributed by atoms with van der Waals surface area (Å²) < 4.78 is 0. The normalized spacial score (nSPS) is 13.2. The van der Waals surface area contributed by atoms with Crippen LogP contribution >= 0.6 is 0 Å². The van der Waals surface area contributed by atoms with Gasteiger partial charge in [-0.2, -0.15) is 0 Å². The highest BCUT2D eigenvalue weighted by atomic mass is 15.1. The maximum atomic E-state index is 6.29. The molecule has 0 aliphatic rings. The smallest absolute Gasteiger partial charge is 0.0309 e. The SMILES string of the molecule is Cc1ccccc1C(N)CCN(C)CCCN(C)C. The lowest BCUT2D eigenvalue weighted by Crippen LogP contribution is -2.27. The van der Waals surface area contributed by atoms with Gasteiger partial charge in [0.25, 0.3) is 0 Å². The molecule has 0 aromatic heterocycles. The molecule has 1 rings (SSSR count). The van der Waals surface area contributed by atoms with Crippen LogP contribution in [0, 0.1) is 6.92 Å². The van der Waals surface area contributed by atoms with E-state index in [-0.39, 0.29) is 6.04 Å². The molecule has 3 heteroatoms. The molecule has 2 N–H and O–H groups in total. The van der Waals surface area contributed by atoms with Crippen molar-refractivity contribution < 1.29 is 0 Å². The highest BCUT2D eigenvalue weighted by Gasteiger charge is 2.09. The standard InChI is InChI=1S/C16H29N3/c1-14-8-5-6-9-15(14)16(17)10-13-19(4)12-7-11-18(2)3/h5-6,8-9,16H,7,10-13,17H2,1-4H3. The average molecular weight is 263 g/mol. The van der Waals surface area contributed by atoms with Gasteiger partial charge in [-0.3, -0.25) is 0 Å². The second kappa shape index (κ2) is 8.31. The summed E-state index contributed by atoms with van der Waals surface area (Å²) in [6.45, 7) is 5.48. The quantitative estimate of drug-likeness (QED) is 0.781. The van der Waals surface area contributed by atoms with E-state index in [2.05, 4.69) is 62.1 Å². The summed E-state index contributed by atoms with van der Waals surface area (Å²) in [5, 5.41) is 0. The van der Waals surface area contributed by atoms with Crippen LogP contribution in [0.1, 0.15) is 30.0 Å². The Morgan fingerprint density at radius 1 is 1.05 bits per heavy atom. The van der Waals surface area contributed by atoms with Crippen LogP contribution in [0.25, 0.3) is 0 Å². The van der Waals surface area contributed by atoms with Crippen LogP contribution in [0.3, 0.4) is 0 Å². The predicted octanol–water partition coefficient (Wildman–Crippen LogP) is 2.27. The first-order chi connectivity index (χ1) is 9.00. The molecule has 0 radical (unpaired) electrons. The maximum Gasteiger partial charge on any atom is 0.0309 e. The molecule has 0 spiro atoms. The number of rotatable bonds is 8. The Labute approximate surface area is 118 Å². The number of aryl methyl sites for hydroxylation is 1. The third kappa shape index (κ3) is 6.19. The number of hydrogen-bond acceptors (Lipinski definition) is 3. The zero-order valence-corrected chi connectivity index (χ0v) is 12.9. The summed E-state index contributed by atoms with van der Waals surface area (Å²) in [5.41, 5.74) is 8.86. The fraction of sp³-hybridized carbons (Fsp3) is 0.625. The van der Waals surface area contributed by atoms with Gasteiger partial charge in [0.2, 0.25) is 0 Å². The molecule has 1 atom stereocenters. The lowest BCUT2D eigenvalue weighted by Gasteiger charge is -2.21. The van der Waals surface area contributed by atoms with Crippen molar-refractivity contribution in [2.75, 3.05) is 40.8 Å². The lowest BCUT2D eigenvalue weighted by atomic mass is 9.99. The molecule has 1 unspecified atom stereocenters. The Bertz CT molecular complexity index is 363. The lowest BCUT2D eigenvalue weighted by molar-refractivity contribution is 0.291. The first-order valence-electron chi connectivity index (χ1n) is 7.15. The van der Waals surface area contributed by atoms with E-state index in [0.717, 1.165) is 26.1 Å². The van der Waals surface area contributed by atoms with Crippen molar-refractivity contribution in [2.45, 2.75) is 25.8 Å². The van der Waals surface area contributed by atoms with Crippen LogP contribution in [-0.2, 0) is 0 Å². The molecule has 1 aromatic rings. The molecule has 1 aromatic carbocycles. The first-order valence-corrected chi connectivity index (χ1v) is 7.15. The summed E-state index contributed by atoms with van der Waals surface area (Å²) >= 11 is 0. The number of nitrogens with zero attached hydrogens (tertiary/aromatic N) is 2. The van der Waals surface area contributed by atoms with Crippen molar-refractivity contribution >= 4 is 0 Å². The molecule has 0 saturated carbocycles. The molecular formula is C16H29N3. The predicted molar refractivity (Wildman–Crippen MR) is 83.4 cm³/mol. The van der Waals surface area contributed by atoms with Crippen LogP contribution in [0.4, 0.5) is 0 Å². The second-order valence-corrected chi connectivity index (χ2v) is 5.71. The molecule has 0 fully saturated rings. The summed E-state index contributed by atoms with van der Waals surface area (Å²) in [5.74, 6) is 0. The third-order valence-electron chi connectivity index (χ3n) is 3.55. The molecule has 19 heavy (non-hydrogen) atoms. The number of benzene rings is 1. The van der Waals surface area contributed by atoms with Crippen LogP contribution in [0.2, 0.25) is 0 Å². The summed E-state index contributed by atoms with van der Waals surface area (Å²) in [7, 11) is 6.42. The molecule has 3 nitrogen and oxygen atoms in total. The molecule has 0 aliphatic carbocycles. The van der Waals surface area contributed by atoms with E-state index in [1.54, 1.807) is 0 Å². The second-order valence-electron chi connectivity index (χ2n) is 5.71. The third-order valence-corrected chi connectivity index (χ3v) is 3.55. The van der Waals surface area contributed by atoms with E-state index in [4.69, 9.17) is 5.73 Å². The molecule has 0 bridgehead atoms. The van der Waals surface area contributed by atoms with Crippen LogP contribution in [-0.4, -0.2) is 50.6 Å². The number of hydrogen-bond donors (Lipinski definition) is 1. The molecule has 0 heterocycles. The van der Waals surface area contributed by atoms with Gasteiger partial charge in [0, 0.05) is 6.04 Å². The Morgan fingerprint density at radius 3 is 2.37 bits per heavy atom. The average Bonchev–Trinajstić information content (AvgIpc) is 2.36. The fourth-order valence-corrected chi connectivity index (χ4v) is 2.29. The highest BCUT2D eigenvalue weighted by molar-refractivity contribution is 5.28. The zero-order chi connectivity index (χ0) is 14.3. The van der Waals surface area contributed by atoms with E-state index >= 15 is 0 Å². The van der Waals surface area contributed by atoms with Crippen molar-refractivity contribution in [1.29, 1.82) is 0 Å². The van der Waals surface area contributed by atoms with Crippen LogP contribution in [0.5, 0.6) is 0 Å². The van der Waals surface area contributed by atoms with Gasteiger partial charge in [0.1, 0.15) is 0 Å². The molecule has 0 saturated heterocycles. The van der Waals surface area contributed by atoms with Crippen molar-refractivity contribution in [1.82, 2.24) is 9.80 Å². The van der Waals surface area contributed by atoms with Crippen molar-refractivity contribution in [2.24, 2.45) is 5.73 Å². The zero-order valence-electron chi connectivity index (χ0n) is 12.9. The van der Waals surface area contributed by atoms with E-state index in [0.29, 0.717) is 0 Å². The van der Waals surface area contributed by atoms with Gasteiger partial charge in [-0.25, -0.2) is 0 Å². The van der Waals surface area contributed by atoms with Gasteiger partial charge >= 0.3 is 0 Å². The van der Waals surface area contributed by atoms with Gasteiger partial charge in [-0.1, -0.05) is 24.3 Å². The molecule has 108 valence electrons. The minimum Gasteiger partial charge on any atom is -0.324 e. The molecule has 0 aliphatic heterocycles. The Hall–Kier alpha value is -0.900. The number of nitrogens with two attached hydrogens (primary N) is 1. The Morgan fingerprint density at radius 2 is 1.74 bits per heavy atom. The molecule has 0 amide bonds. The maximum absolute atomic E-state index is 6.29.